The maximum atomic E-state index is 12.7. The predicted molar refractivity (Wildman–Crippen MR) is 98.1 cm³/mol. The lowest BCUT2D eigenvalue weighted by Crippen LogP contribution is -2.36. The van der Waals surface area contributed by atoms with Crippen LogP contribution in [0.2, 0.25) is 0 Å². The number of carbonyl (C=O) groups is 1. The third-order valence-corrected chi connectivity index (χ3v) is 4.81. The van der Waals surface area contributed by atoms with Crippen molar-refractivity contribution in [3.63, 3.8) is 0 Å². The first-order valence-corrected chi connectivity index (χ1v) is 9.08. The minimum Gasteiger partial charge on any atom is -0.472 e. The fraction of sp³-hybridized carbons (Fsp3) is 0.350. The number of nitrogens with one attached hydrogen (secondary N) is 1. The number of carbonyl (C=O) groups excluding carboxylic acids is 1. The van der Waals surface area contributed by atoms with E-state index >= 15 is 0 Å². The van der Waals surface area contributed by atoms with E-state index in [9.17, 15) is 4.79 Å². The van der Waals surface area contributed by atoms with Crippen molar-refractivity contribution in [3.8, 4) is 17.1 Å². The SMILES string of the molecule is Cc1ccc(-n2nc(C(=O)NC3CCCCC3)nc2-c2ccoc2)cc1. The molecule has 1 aromatic carbocycles. The van der Waals surface area contributed by atoms with E-state index in [0.717, 1.165) is 42.5 Å². The van der Waals surface area contributed by atoms with Crippen molar-refractivity contribution in [3.05, 3.63) is 54.2 Å². The Balaban J connectivity index is 1.66. The van der Waals surface area contributed by atoms with Crippen LogP contribution in [0.15, 0.2) is 47.3 Å². The molecule has 1 amide bonds. The third kappa shape index (κ3) is 3.40. The quantitative estimate of drug-likeness (QED) is 0.774. The van der Waals surface area contributed by atoms with Crippen LogP contribution in [-0.4, -0.2) is 26.7 Å². The number of nitrogens with zero attached hydrogens (tertiary/aromatic N) is 3. The number of hydrogen-bond donors (Lipinski definition) is 1. The Hall–Kier alpha value is -2.89. The highest BCUT2D eigenvalue weighted by molar-refractivity contribution is 5.91. The molecule has 3 aromatic rings. The van der Waals surface area contributed by atoms with Gasteiger partial charge in [-0.2, -0.15) is 0 Å². The average molecular weight is 350 g/mol. The smallest absolute Gasteiger partial charge is 0.291 e. The molecule has 0 atom stereocenters. The van der Waals surface area contributed by atoms with Crippen LogP contribution in [0.3, 0.4) is 0 Å². The Morgan fingerprint density at radius 2 is 1.92 bits per heavy atom. The van der Waals surface area contributed by atoms with E-state index in [0.29, 0.717) is 5.82 Å². The number of benzene rings is 1. The summed E-state index contributed by atoms with van der Waals surface area (Å²) < 4.78 is 6.88. The van der Waals surface area contributed by atoms with Crippen LogP contribution in [0.4, 0.5) is 0 Å². The zero-order chi connectivity index (χ0) is 17.9. The Morgan fingerprint density at radius 1 is 1.15 bits per heavy atom. The molecule has 4 rings (SSSR count). The van der Waals surface area contributed by atoms with Gasteiger partial charge in [-0.15, -0.1) is 5.10 Å². The second kappa shape index (κ2) is 7.15. The largest absolute Gasteiger partial charge is 0.472 e. The molecule has 1 N–H and O–H groups in total. The summed E-state index contributed by atoms with van der Waals surface area (Å²) in [5.74, 6) is 0.566. The van der Waals surface area contributed by atoms with Crippen LogP contribution in [0.5, 0.6) is 0 Å². The standard InChI is InChI=1S/C20H22N4O2/c1-14-7-9-17(10-8-14)24-19(15-11-12-26-13-15)22-18(23-24)20(25)21-16-5-3-2-4-6-16/h7-13,16H,2-6H2,1H3,(H,21,25). The average Bonchev–Trinajstić information content (AvgIpc) is 3.33. The first-order chi connectivity index (χ1) is 12.7. The van der Waals surface area contributed by atoms with Gasteiger partial charge in [0.2, 0.25) is 5.82 Å². The van der Waals surface area contributed by atoms with Gasteiger partial charge in [-0.1, -0.05) is 37.0 Å². The highest BCUT2D eigenvalue weighted by atomic mass is 16.3. The Labute approximate surface area is 152 Å². The van der Waals surface area contributed by atoms with Crippen molar-refractivity contribution in [2.24, 2.45) is 0 Å². The van der Waals surface area contributed by atoms with Crippen LogP contribution >= 0.6 is 0 Å². The molecule has 1 saturated carbocycles. The van der Waals surface area contributed by atoms with Crippen molar-refractivity contribution in [2.75, 3.05) is 0 Å². The summed E-state index contributed by atoms with van der Waals surface area (Å²) >= 11 is 0. The maximum absolute atomic E-state index is 12.7. The van der Waals surface area contributed by atoms with Crippen molar-refractivity contribution >= 4 is 5.91 Å². The Kier molecular flexibility index (Phi) is 4.56. The lowest BCUT2D eigenvalue weighted by Gasteiger charge is -2.21. The van der Waals surface area contributed by atoms with Crippen molar-refractivity contribution in [1.29, 1.82) is 0 Å². The summed E-state index contributed by atoms with van der Waals surface area (Å²) in [5.41, 5.74) is 2.81. The first-order valence-electron chi connectivity index (χ1n) is 9.08. The molecule has 1 fully saturated rings. The number of amides is 1. The van der Waals surface area contributed by atoms with Gasteiger partial charge in [-0.05, 0) is 38.0 Å². The molecule has 0 spiro atoms. The number of hydrogen-bond acceptors (Lipinski definition) is 4. The topological polar surface area (TPSA) is 73.0 Å². The third-order valence-electron chi connectivity index (χ3n) is 4.81. The van der Waals surface area contributed by atoms with Crippen molar-refractivity contribution < 1.29 is 9.21 Å². The summed E-state index contributed by atoms with van der Waals surface area (Å²) in [6, 6.07) is 10.0. The van der Waals surface area contributed by atoms with Crippen LogP contribution in [0.1, 0.15) is 48.3 Å². The van der Waals surface area contributed by atoms with Gasteiger partial charge in [-0.3, -0.25) is 4.79 Å². The van der Waals surface area contributed by atoms with Crippen LogP contribution < -0.4 is 5.32 Å². The van der Waals surface area contributed by atoms with Gasteiger partial charge < -0.3 is 9.73 Å². The molecule has 26 heavy (non-hydrogen) atoms. The summed E-state index contributed by atoms with van der Waals surface area (Å²) in [5, 5.41) is 7.56. The van der Waals surface area contributed by atoms with E-state index < -0.39 is 0 Å². The lowest BCUT2D eigenvalue weighted by molar-refractivity contribution is 0.0917. The van der Waals surface area contributed by atoms with Gasteiger partial charge in [0, 0.05) is 6.04 Å². The van der Waals surface area contributed by atoms with Gasteiger partial charge >= 0.3 is 0 Å². The van der Waals surface area contributed by atoms with E-state index in [2.05, 4.69) is 15.4 Å². The molecule has 0 saturated heterocycles. The van der Waals surface area contributed by atoms with E-state index in [1.807, 2.05) is 37.3 Å². The molecule has 2 aromatic heterocycles. The molecule has 134 valence electrons. The zero-order valence-corrected chi connectivity index (χ0v) is 14.8. The van der Waals surface area contributed by atoms with Gasteiger partial charge in [-0.25, -0.2) is 9.67 Å². The molecule has 0 bridgehead atoms. The number of aromatic nitrogens is 3. The highest BCUT2D eigenvalue weighted by Crippen LogP contribution is 2.22. The summed E-state index contributed by atoms with van der Waals surface area (Å²) in [6.45, 7) is 2.03. The first kappa shape index (κ1) is 16.6. The lowest BCUT2D eigenvalue weighted by atomic mass is 9.95. The molecular weight excluding hydrogens is 328 g/mol. The molecular formula is C20H22N4O2. The molecule has 1 aliphatic rings. The molecule has 1 aliphatic carbocycles. The number of furan rings is 1. The van der Waals surface area contributed by atoms with Crippen LogP contribution in [0.25, 0.3) is 17.1 Å². The second-order valence-electron chi connectivity index (χ2n) is 6.83. The fourth-order valence-electron chi connectivity index (χ4n) is 3.35. The monoisotopic (exact) mass is 350 g/mol. The highest BCUT2D eigenvalue weighted by Gasteiger charge is 2.22. The van der Waals surface area contributed by atoms with Gasteiger partial charge in [0.15, 0.2) is 5.82 Å². The molecule has 0 unspecified atom stereocenters. The summed E-state index contributed by atoms with van der Waals surface area (Å²) in [7, 11) is 0. The van der Waals surface area contributed by atoms with E-state index in [-0.39, 0.29) is 17.8 Å². The van der Waals surface area contributed by atoms with Gasteiger partial charge in [0.25, 0.3) is 5.91 Å². The zero-order valence-electron chi connectivity index (χ0n) is 14.8. The normalized spacial score (nSPS) is 15.1. The minimum absolute atomic E-state index is 0.187. The van der Waals surface area contributed by atoms with Crippen molar-refractivity contribution in [2.45, 2.75) is 45.1 Å². The number of aryl methyl sites for hydroxylation is 1. The fourth-order valence-corrected chi connectivity index (χ4v) is 3.35. The molecule has 6 nitrogen and oxygen atoms in total. The second-order valence-corrected chi connectivity index (χ2v) is 6.83. The van der Waals surface area contributed by atoms with Crippen LogP contribution in [-0.2, 0) is 0 Å². The van der Waals surface area contributed by atoms with E-state index in [1.165, 1.54) is 6.42 Å². The summed E-state index contributed by atoms with van der Waals surface area (Å²) in [4.78, 5) is 17.2. The molecule has 0 aliphatic heterocycles. The Morgan fingerprint density at radius 3 is 2.62 bits per heavy atom. The van der Waals surface area contributed by atoms with Gasteiger partial charge in [0.05, 0.1) is 17.5 Å². The van der Waals surface area contributed by atoms with Gasteiger partial charge in [0.1, 0.15) is 6.26 Å². The minimum atomic E-state index is -0.215. The molecule has 0 radical (unpaired) electrons. The Bertz CT molecular complexity index is 875. The van der Waals surface area contributed by atoms with Crippen molar-refractivity contribution in [1.82, 2.24) is 20.1 Å². The van der Waals surface area contributed by atoms with Crippen LogP contribution in [0, 0.1) is 6.92 Å². The summed E-state index contributed by atoms with van der Waals surface area (Å²) in [6.07, 6.45) is 8.82. The number of rotatable bonds is 4. The maximum Gasteiger partial charge on any atom is 0.291 e. The molecule has 6 heteroatoms. The van der Waals surface area contributed by atoms with E-state index in [1.54, 1.807) is 17.2 Å². The predicted octanol–water partition coefficient (Wildman–Crippen LogP) is 3.90. The molecule has 2 heterocycles. The van der Waals surface area contributed by atoms with E-state index in [4.69, 9.17) is 4.42 Å².